The van der Waals surface area contributed by atoms with Gasteiger partial charge in [0.1, 0.15) is 6.10 Å². The Balaban J connectivity index is 3.12. The lowest BCUT2D eigenvalue weighted by Gasteiger charge is -2.38. The van der Waals surface area contributed by atoms with E-state index in [-0.39, 0.29) is 13.0 Å². The van der Waals surface area contributed by atoms with Crippen LogP contribution in [0.2, 0.25) is 0 Å². The molecule has 1 rings (SSSR count). The normalized spacial score (nSPS) is 19.8. The molecule has 0 aromatic rings. The van der Waals surface area contributed by atoms with Gasteiger partial charge in [-0.05, 0) is 13.3 Å². The molecule has 0 bridgehead atoms. The summed E-state index contributed by atoms with van der Waals surface area (Å²) in [6.45, 7) is 3.42. The second-order valence-electron chi connectivity index (χ2n) is 4.44. The number of aliphatic hydroxyl groups excluding tert-OH is 1. The van der Waals surface area contributed by atoms with Crippen molar-refractivity contribution in [1.82, 2.24) is 10.6 Å². The van der Waals surface area contributed by atoms with Crippen molar-refractivity contribution >= 4 is 17.8 Å². The minimum absolute atomic E-state index is 0.222. The number of aliphatic hydroxyl groups is 1. The first kappa shape index (κ1) is 15.6. The monoisotopic (exact) mass is 272 g/mol. The summed E-state index contributed by atoms with van der Waals surface area (Å²) >= 11 is 0. The van der Waals surface area contributed by atoms with Gasteiger partial charge in [-0.1, -0.05) is 19.8 Å². The van der Waals surface area contributed by atoms with Crippen molar-refractivity contribution in [2.45, 2.75) is 39.2 Å². The summed E-state index contributed by atoms with van der Waals surface area (Å²) in [7, 11) is 0. The molecule has 7 heteroatoms. The second kappa shape index (κ2) is 6.63. The molecular formula is C12H20N2O5. The summed E-state index contributed by atoms with van der Waals surface area (Å²) in [5.41, 5.74) is -1.55. The van der Waals surface area contributed by atoms with E-state index < -0.39 is 36.0 Å². The Morgan fingerprint density at radius 3 is 2.21 bits per heavy atom. The summed E-state index contributed by atoms with van der Waals surface area (Å²) in [5, 5.41) is 13.6. The first-order chi connectivity index (χ1) is 9.02. The maximum absolute atomic E-state index is 12.1. The van der Waals surface area contributed by atoms with Gasteiger partial charge in [0.2, 0.25) is 11.8 Å². The summed E-state index contributed by atoms with van der Waals surface area (Å²) in [4.78, 5) is 35.4. The lowest BCUT2D eigenvalue weighted by atomic mass is 9.74. The molecule has 1 fully saturated rings. The molecule has 1 aliphatic rings. The number of amides is 4. The molecule has 19 heavy (non-hydrogen) atoms. The van der Waals surface area contributed by atoms with Crippen LogP contribution in [-0.4, -0.2) is 42.3 Å². The van der Waals surface area contributed by atoms with Crippen LogP contribution in [-0.2, 0) is 14.3 Å². The standard InChI is InChI=1S/C12H20N2O5/c1-3-5-6-12(8(7-15)19-4-2)9(16)13-11(18)14-10(12)17/h8,15H,3-7H2,1-2H3,(H2,13,14,16,17,18). The molecule has 3 N–H and O–H groups in total. The first-order valence-corrected chi connectivity index (χ1v) is 6.42. The predicted octanol–water partition coefficient (Wildman–Crippen LogP) is -0.0736. The van der Waals surface area contributed by atoms with E-state index in [2.05, 4.69) is 10.6 Å². The van der Waals surface area contributed by atoms with Crippen LogP contribution >= 0.6 is 0 Å². The molecule has 108 valence electrons. The summed E-state index contributed by atoms with van der Waals surface area (Å²) in [6.07, 6.45) is 0.649. The first-order valence-electron chi connectivity index (χ1n) is 6.42. The van der Waals surface area contributed by atoms with Crippen LogP contribution in [0, 0.1) is 5.41 Å². The van der Waals surface area contributed by atoms with E-state index in [4.69, 9.17) is 4.74 Å². The number of imide groups is 2. The van der Waals surface area contributed by atoms with E-state index in [9.17, 15) is 19.5 Å². The molecule has 0 aromatic carbocycles. The number of barbiturate groups is 1. The summed E-state index contributed by atoms with van der Waals surface area (Å²) in [6, 6.07) is -0.838. The van der Waals surface area contributed by atoms with Crippen LogP contribution in [0.5, 0.6) is 0 Å². The van der Waals surface area contributed by atoms with Gasteiger partial charge in [-0.2, -0.15) is 0 Å². The highest BCUT2D eigenvalue weighted by Crippen LogP contribution is 2.33. The number of carbonyl (C=O) groups excluding carboxylic acids is 3. The van der Waals surface area contributed by atoms with E-state index in [1.165, 1.54) is 0 Å². The smallest absolute Gasteiger partial charge is 0.328 e. The van der Waals surface area contributed by atoms with Gasteiger partial charge in [0.15, 0.2) is 5.41 Å². The van der Waals surface area contributed by atoms with Crippen molar-refractivity contribution in [3.63, 3.8) is 0 Å². The van der Waals surface area contributed by atoms with Crippen LogP contribution < -0.4 is 10.6 Å². The molecule has 4 amide bonds. The van der Waals surface area contributed by atoms with Gasteiger partial charge in [0, 0.05) is 6.61 Å². The number of rotatable bonds is 7. The van der Waals surface area contributed by atoms with Gasteiger partial charge in [0.25, 0.3) is 0 Å². The Bertz CT molecular complexity index is 349. The molecule has 1 saturated heterocycles. The molecule has 0 radical (unpaired) electrons. The zero-order valence-corrected chi connectivity index (χ0v) is 11.2. The highest BCUT2D eigenvalue weighted by molar-refractivity contribution is 6.19. The van der Waals surface area contributed by atoms with Gasteiger partial charge in [-0.15, -0.1) is 0 Å². The van der Waals surface area contributed by atoms with Gasteiger partial charge in [-0.25, -0.2) is 4.79 Å². The van der Waals surface area contributed by atoms with Crippen molar-refractivity contribution < 1.29 is 24.2 Å². The molecule has 1 unspecified atom stereocenters. The molecule has 1 atom stereocenters. The quantitative estimate of drug-likeness (QED) is 0.562. The average Bonchev–Trinajstić information content (AvgIpc) is 2.36. The second-order valence-corrected chi connectivity index (χ2v) is 4.44. The Hall–Kier alpha value is -1.47. The third kappa shape index (κ3) is 2.93. The Labute approximate surface area is 111 Å². The van der Waals surface area contributed by atoms with E-state index >= 15 is 0 Å². The number of unbranched alkanes of at least 4 members (excludes halogenated alkanes) is 1. The van der Waals surface area contributed by atoms with Gasteiger partial charge in [0.05, 0.1) is 6.61 Å². The number of carbonyl (C=O) groups is 3. The highest BCUT2D eigenvalue weighted by Gasteiger charge is 2.55. The van der Waals surface area contributed by atoms with Crippen LogP contribution in [0.4, 0.5) is 4.79 Å². The third-order valence-electron chi connectivity index (χ3n) is 3.27. The fourth-order valence-corrected chi connectivity index (χ4v) is 2.25. The maximum atomic E-state index is 12.1. The van der Waals surface area contributed by atoms with E-state index in [0.29, 0.717) is 6.42 Å². The van der Waals surface area contributed by atoms with Crippen molar-refractivity contribution in [3.8, 4) is 0 Å². The van der Waals surface area contributed by atoms with Crippen LogP contribution in [0.25, 0.3) is 0 Å². The van der Waals surface area contributed by atoms with Crippen molar-refractivity contribution in [2.75, 3.05) is 13.2 Å². The molecule has 0 aromatic heterocycles. The summed E-state index contributed by atoms with van der Waals surface area (Å²) < 4.78 is 5.32. The van der Waals surface area contributed by atoms with Crippen molar-refractivity contribution in [1.29, 1.82) is 0 Å². The number of urea groups is 1. The number of hydrogen-bond donors (Lipinski definition) is 3. The average molecular weight is 272 g/mol. The molecule has 1 heterocycles. The largest absolute Gasteiger partial charge is 0.394 e. The van der Waals surface area contributed by atoms with E-state index in [1.54, 1.807) is 6.92 Å². The lowest BCUT2D eigenvalue weighted by Crippen LogP contribution is -2.67. The van der Waals surface area contributed by atoms with E-state index in [0.717, 1.165) is 6.42 Å². The molecule has 0 aliphatic carbocycles. The molecule has 0 spiro atoms. The maximum Gasteiger partial charge on any atom is 0.328 e. The predicted molar refractivity (Wildman–Crippen MR) is 66.1 cm³/mol. The number of hydrogen-bond acceptors (Lipinski definition) is 5. The Morgan fingerprint density at radius 2 is 1.79 bits per heavy atom. The lowest BCUT2D eigenvalue weighted by molar-refractivity contribution is -0.160. The van der Waals surface area contributed by atoms with Gasteiger partial charge < -0.3 is 9.84 Å². The fraction of sp³-hybridized carbons (Fsp3) is 0.750. The molecule has 0 saturated carbocycles. The Kier molecular flexibility index (Phi) is 5.44. The van der Waals surface area contributed by atoms with Gasteiger partial charge >= 0.3 is 6.03 Å². The topological polar surface area (TPSA) is 105 Å². The molecule has 1 aliphatic heterocycles. The van der Waals surface area contributed by atoms with E-state index in [1.807, 2.05) is 6.92 Å². The zero-order chi connectivity index (χ0) is 14.5. The molecular weight excluding hydrogens is 252 g/mol. The third-order valence-corrected chi connectivity index (χ3v) is 3.27. The highest BCUT2D eigenvalue weighted by atomic mass is 16.5. The molecule has 7 nitrogen and oxygen atoms in total. The van der Waals surface area contributed by atoms with Crippen LogP contribution in [0.1, 0.15) is 33.1 Å². The van der Waals surface area contributed by atoms with Crippen LogP contribution in [0.15, 0.2) is 0 Å². The number of nitrogens with one attached hydrogen (secondary N) is 2. The summed E-state index contributed by atoms with van der Waals surface area (Å²) in [5.74, 6) is -1.41. The Morgan fingerprint density at radius 1 is 1.21 bits per heavy atom. The fourth-order valence-electron chi connectivity index (χ4n) is 2.25. The van der Waals surface area contributed by atoms with Gasteiger partial charge in [-0.3, -0.25) is 20.2 Å². The minimum atomic E-state index is -1.55. The number of ether oxygens (including phenoxy) is 1. The zero-order valence-electron chi connectivity index (χ0n) is 11.2. The minimum Gasteiger partial charge on any atom is -0.394 e. The van der Waals surface area contributed by atoms with Crippen molar-refractivity contribution in [2.24, 2.45) is 5.41 Å². The van der Waals surface area contributed by atoms with Crippen LogP contribution in [0.3, 0.4) is 0 Å². The SMILES string of the molecule is CCCCC1(C(CO)OCC)C(=O)NC(=O)NC1=O. The van der Waals surface area contributed by atoms with Crippen molar-refractivity contribution in [3.05, 3.63) is 0 Å².